The number of nitrogens with zero attached hydrogens (tertiary/aromatic N) is 2. The van der Waals surface area contributed by atoms with Crippen molar-refractivity contribution in [1.29, 1.82) is 0 Å². The zero-order valence-electron chi connectivity index (χ0n) is 19.7. The maximum atomic E-state index is 2.43. The van der Waals surface area contributed by atoms with E-state index in [9.17, 15) is 0 Å². The molecule has 0 N–H and O–H groups in total. The molecular weight excluding hydrogens is 464 g/mol. The lowest BCUT2D eigenvalue weighted by atomic mass is 10.1. The Morgan fingerprint density at radius 3 is 0.963 bits per heavy atom. The minimum atomic E-state index is 0. The van der Waals surface area contributed by atoms with Crippen LogP contribution < -0.4 is 34.0 Å². The molecule has 0 saturated heterocycles. The first-order valence-corrected chi connectivity index (χ1v) is 11.5. The van der Waals surface area contributed by atoms with E-state index in [-0.39, 0.29) is 34.0 Å². The Bertz CT molecular complexity index is 266. The molecule has 0 unspecified atom stereocenters. The highest BCUT2D eigenvalue weighted by Crippen LogP contribution is 2.11. The number of halogens is 2. The summed E-state index contributed by atoms with van der Waals surface area (Å²) in [7, 11) is 9.72. The van der Waals surface area contributed by atoms with E-state index in [1.807, 2.05) is 0 Å². The van der Waals surface area contributed by atoms with Crippen molar-refractivity contribution < 1.29 is 42.9 Å². The molecule has 0 amide bonds. The molecule has 168 valence electrons. The van der Waals surface area contributed by atoms with Gasteiger partial charge in [0, 0.05) is 6.42 Å². The quantitative estimate of drug-likeness (QED) is 0.181. The highest BCUT2D eigenvalue weighted by atomic mass is 79.9. The van der Waals surface area contributed by atoms with Crippen LogP contribution in [0.3, 0.4) is 0 Å². The van der Waals surface area contributed by atoms with E-state index >= 15 is 0 Å². The molecule has 0 aromatic heterocycles. The highest BCUT2D eigenvalue weighted by Gasteiger charge is 2.19. The van der Waals surface area contributed by atoms with Crippen molar-refractivity contribution in [3.63, 3.8) is 0 Å². The Labute approximate surface area is 194 Å². The van der Waals surface area contributed by atoms with Crippen LogP contribution in [0.5, 0.6) is 0 Å². The van der Waals surface area contributed by atoms with Gasteiger partial charge in [0.05, 0.1) is 54.4 Å². The molecule has 0 saturated carbocycles. The molecule has 0 aliphatic carbocycles. The molecular formula is C23H52Br2N2. The first kappa shape index (κ1) is 32.5. The Morgan fingerprint density at radius 1 is 0.370 bits per heavy atom. The summed E-state index contributed by atoms with van der Waals surface area (Å²) in [4.78, 5) is 0. The second kappa shape index (κ2) is 20.2. The molecule has 0 radical (unpaired) electrons. The number of quaternary nitrogens is 2. The molecule has 0 bridgehead atoms. The third-order valence-corrected chi connectivity index (χ3v) is 5.76. The second-order valence-electron chi connectivity index (χ2n) is 9.65. The summed E-state index contributed by atoms with van der Waals surface area (Å²) in [5.41, 5.74) is 0. The van der Waals surface area contributed by atoms with Crippen LogP contribution in [0.1, 0.15) is 97.3 Å². The molecule has 0 fully saturated rings. The summed E-state index contributed by atoms with van der Waals surface area (Å²) in [5.74, 6) is 0. The van der Waals surface area contributed by atoms with Crippen molar-refractivity contribution in [3.8, 4) is 0 Å². The van der Waals surface area contributed by atoms with Crippen LogP contribution in [0, 0.1) is 0 Å². The van der Waals surface area contributed by atoms with Crippen LogP contribution >= 0.6 is 0 Å². The molecule has 0 aliphatic rings. The van der Waals surface area contributed by atoms with E-state index in [4.69, 9.17) is 0 Å². The molecule has 0 atom stereocenters. The van der Waals surface area contributed by atoms with Crippen molar-refractivity contribution in [2.45, 2.75) is 97.3 Å². The van der Waals surface area contributed by atoms with Crippen molar-refractivity contribution in [2.24, 2.45) is 0 Å². The van der Waals surface area contributed by atoms with Crippen molar-refractivity contribution >= 4 is 0 Å². The fraction of sp³-hybridized carbons (Fsp3) is 1.00. The van der Waals surface area contributed by atoms with E-state index in [2.05, 4.69) is 42.0 Å². The number of unbranched alkanes of at least 4 members (excludes halogenated alkanes) is 10. The fourth-order valence-corrected chi connectivity index (χ4v) is 3.79. The minimum absolute atomic E-state index is 0. The van der Waals surface area contributed by atoms with Crippen LogP contribution in [0.25, 0.3) is 0 Å². The fourth-order valence-electron chi connectivity index (χ4n) is 3.79. The van der Waals surface area contributed by atoms with E-state index in [1.165, 1.54) is 119 Å². The monoisotopic (exact) mass is 514 g/mol. The van der Waals surface area contributed by atoms with Crippen LogP contribution in [0.4, 0.5) is 0 Å². The molecule has 2 nitrogen and oxygen atoms in total. The van der Waals surface area contributed by atoms with Gasteiger partial charge in [-0.05, 0) is 25.7 Å². The zero-order valence-corrected chi connectivity index (χ0v) is 22.8. The Morgan fingerprint density at radius 2 is 0.630 bits per heavy atom. The van der Waals surface area contributed by atoms with Crippen LogP contribution in [0.15, 0.2) is 0 Å². The van der Waals surface area contributed by atoms with Gasteiger partial charge in [-0.15, -0.1) is 0 Å². The SMILES string of the molecule is CCCCCCCC[N+](C)(C)CCC[N+](C)(C)CCCCCCCC.[Br-].[Br-]. The molecule has 0 aliphatic heterocycles. The molecule has 0 aromatic carbocycles. The summed E-state index contributed by atoms with van der Waals surface area (Å²) in [6.45, 7) is 9.99. The lowest BCUT2D eigenvalue weighted by Crippen LogP contribution is -3.00. The van der Waals surface area contributed by atoms with Gasteiger partial charge >= 0.3 is 0 Å². The van der Waals surface area contributed by atoms with E-state index in [0.29, 0.717) is 0 Å². The van der Waals surface area contributed by atoms with Crippen LogP contribution in [0.2, 0.25) is 0 Å². The lowest BCUT2D eigenvalue weighted by molar-refractivity contribution is -0.909. The summed E-state index contributed by atoms with van der Waals surface area (Å²) in [5, 5.41) is 0. The molecule has 4 heteroatoms. The van der Waals surface area contributed by atoms with Gasteiger partial charge in [-0.2, -0.15) is 0 Å². The summed E-state index contributed by atoms with van der Waals surface area (Å²) in [6, 6.07) is 0. The number of hydrogen-bond donors (Lipinski definition) is 0. The third-order valence-electron chi connectivity index (χ3n) is 5.76. The van der Waals surface area contributed by atoms with Gasteiger partial charge in [0.25, 0.3) is 0 Å². The predicted octanol–water partition coefficient (Wildman–Crippen LogP) is 0.258. The first-order valence-electron chi connectivity index (χ1n) is 11.5. The van der Waals surface area contributed by atoms with E-state index in [0.717, 1.165) is 0 Å². The zero-order chi connectivity index (χ0) is 19.0. The normalized spacial score (nSPS) is 11.8. The molecule has 0 aromatic rings. The van der Waals surface area contributed by atoms with Crippen molar-refractivity contribution in [1.82, 2.24) is 0 Å². The van der Waals surface area contributed by atoms with Gasteiger partial charge in [0.1, 0.15) is 0 Å². The average Bonchev–Trinajstić information content (AvgIpc) is 2.53. The molecule has 0 heterocycles. The Hall–Kier alpha value is 0.880. The maximum Gasteiger partial charge on any atom is 0.0836 e. The van der Waals surface area contributed by atoms with Gasteiger partial charge in [-0.1, -0.05) is 65.2 Å². The minimum Gasteiger partial charge on any atom is -1.00 e. The number of hydrogen-bond acceptors (Lipinski definition) is 0. The van der Waals surface area contributed by atoms with E-state index in [1.54, 1.807) is 0 Å². The second-order valence-corrected chi connectivity index (χ2v) is 9.65. The van der Waals surface area contributed by atoms with E-state index < -0.39 is 0 Å². The Kier molecular flexibility index (Phi) is 24.3. The summed E-state index contributed by atoms with van der Waals surface area (Å²) in [6.07, 6.45) is 18.4. The Balaban J connectivity index is -0.00000288. The van der Waals surface area contributed by atoms with Crippen LogP contribution in [-0.4, -0.2) is 63.3 Å². The lowest BCUT2D eigenvalue weighted by Gasteiger charge is -2.33. The van der Waals surface area contributed by atoms with Gasteiger partial charge in [-0.3, -0.25) is 0 Å². The van der Waals surface area contributed by atoms with Crippen LogP contribution in [-0.2, 0) is 0 Å². The summed E-state index contributed by atoms with van der Waals surface area (Å²) < 4.78 is 2.43. The van der Waals surface area contributed by atoms with Crippen molar-refractivity contribution in [2.75, 3.05) is 54.4 Å². The molecule has 0 spiro atoms. The molecule has 0 rings (SSSR count). The third kappa shape index (κ3) is 23.0. The first-order chi connectivity index (χ1) is 11.8. The van der Waals surface area contributed by atoms with Crippen molar-refractivity contribution in [3.05, 3.63) is 0 Å². The topological polar surface area (TPSA) is 0 Å². The van der Waals surface area contributed by atoms with Gasteiger partial charge < -0.3 is 42.9 Å². The number of rotatable bonds is 18. The van der Waals surface area contributed by atoms with Gasteiger partial charge in [0.2, 0.25) is 0 Å². The summed E-state index contributed by atoms with van der Waals surface area (Å²) >= 11 is 0. The average molecular weight is 516 g/mol. The smallest absolute Gasteiger partial charge is 0.0836 e. The maximum absolute atomic E-state index is 2.43. The van der Waals surface area contributed by atoms with Gasteiger partial charge in [-0.25, -0.2) is 0 Å². The molecule has 27 heavy (non-hydrogen) atoms. The van der Waals surface area contributed by atoms with Gasteiger partial charge in [0.15, 0.2) is 0 Å². The predicted molar refractivity (Wildman–Crippen MR) is 115 cm³/mol. The standard InChI is InChI=1S/C23H52N2.2BrH/c1-7-9-11-13-15-17-20-24(3,4)22-19-23-25(5,6)21-18-16-14-12-10-8-2;;/h7-23H2,1-6H3;2*1H/q+2;;/p-2. The highest BCUT2D eigenvalue weighted by molar-refractivity contribution is 4.47. The largest absolute Gasteiger partial charge is 1.00 e.